The van der Waals surface area contributed by atoms with Crippen LogP contribution in [0.2, 0.25) is 5.02 Å². The Morgan fingerprint density at radius 1 is 1.25 bits per heavy atom. The third-order valence-electron chi connectivity index (χ3n) is 4.08. The quantitative estimate of drug-likeness (QED) is 0.504. The van der Waals surface area contributed by atoms with Gasteiger partial charge in [0.2, 0.25) is 0 Å². The van der Waals surface area contributed by atoms with Crippen LogP contribution in [0.3, 0.4) is 0 Å². The van der Waals surface area contributed by atoms with Crippen molar-refractivity contribution < 1.29 is 19.1 Å². The molecule has 4 rings (SSSR count). The van der Waals surface area contributed by atoms with Crippen LogP contribution in [-0.4, -0.2) is 91.3 Å². The third-order valence-corrected chi connectivity index (χ3v) is 4.41. The molecule has 0 spiro atoms. The Hall–Kier alpha value is -1.62. The fraction of sp³-hybridized carbons (Fsp3) is 0.167. The van der Waals surface area contributed by atoms with E-state index in [1.807, 2.05) is 6.07 Å². The van der Waals surface area contributed by atoms with Gasteiger partial charge >= 0.3 is 57.4 Å². The van der Waals surface area contributed by atoms with E-state index in [9.17, 15) is 4.79 Å². The number of aromatic nitrogens is 4. The predicted molar refractivity (Wildman–Crippen MR) is 107 cm³/mol. The maximum atomic E-state index is 11.5. The number of aromatic amines is 1. The van der Waals surface area contributed by atoms with Gasteiger partial charge in [0, 0.05) is 30.1 Å². The van der Waals surface area contributed by atoms with Crippen molar-refractivity contribution in [2.45, 2.75) is 6.92 Å². The molecule has 0 amide bonds. The van der Waals surface area contributed by atoms with Crippen molar-refractivity contribution in [1.29, 1.82) is 0 Å². The first-order chi connectivity index (χ1) is 13.0. The van der Waals surface area contributed by atoms with Gasteiger partial charge in [0.05, 0.1) is 31.1 Å². The summed E-state index contributed by atoms with van der Waals surface area (Å²) in [5.74, 6) is 0.276. The van der Waals surface area contributed by atoms with E-state index in [4.69, 9.17) is 25.9 Å². The fourth-order valence-electron chi connectivity index (χ4n) is 2.93. The molecule has 0 saturated carbocycles. The van der Waals surface area contributed by atoms with Gasteiger partial charge in [-0.15, -0.1) is 0 Å². The summed E-state index contributed by atoms with van der Waals surface area (Å²) in [7, 11) is 3.02. The molecule has 0 atom stereocenters. The van der Waals surface area contributed by atoms with E-state index in [1.54, 1.807) is 24.5 Å². The molecule has 4 heterocycles. The maximum absolute atomic E-state index is 11.5. The third kappa shape index (κ3) is 3.65. The summed E-state index contributed by atoms with van der Waals surface area (Å²) in [6, 6.07) is 5.28. The number of methoxy groups -OCH3 is 2. The number of fused-ring (bicyclic) bond motifs is 2. The van der Waals surface area contributed by atoms with Crippen molar-refractivity contribution in [3.63, 3.8) is 0 Å². The normalized spacial score (nSPS) is 10.7. The van der Waals surface area contributed by atoms with Gasteiger partial charge in [-0.3, -0.25) is 0 Å². The molecule has 0 unspecified atom stereocenters. The van der Waals surface area contributed by atoms with E-state index >= 15 is 0 Å². The number of rotatable bonds is 4. The zero-order chi connectivity index (χ0) is 19.1. The van der Waals surface area contributed by atoms with Crippen molar-refractivity contribution in [2.75, 3.05) is 14.2 Å². The van der Waals surface area contributed by atoms with Gasteiger partial charge in [0.25, 0.3) is 5.88 Å². The first kappa shape index (κ1) is 21.1. The van der Waals surface area contributed by atoms with Gasteiger partial charge in [-0.1, -0.05) is 11.6 Å². The second-order valence-electron chi connectivity index (χ2n) is 5.76. The molecule has 28 heavy (non-hydrogen) atoms. The topological polar surface area (TPSA) is 91.3 Å². The van der Waals surface area contributed by atoms with Crippen LogP contribution in [0.1, 0.15) is 6.92 Å². The van der Waals surface area contributed by atoms with Gasteiger partial charge in [-0.25, -0.2) is 14.8 Å². The monoisotopic (exact) mass is 426 g/mol. The average Bonchev–Trinajstić information content (AvgIpc) is 3.22. The Morgan fingerprint density at radius 3 is 2.68 bits per heavy atom. The number of hydrogen-bond donors (Lipinski definition) is 1. The summed E-state index contributed by atoms with van der Waals surface area (Å²) in [5.41, 5.74) is 3.18. The molecule has 0 aliphatic rings. The van der Waals surface area contributed by atoms with E-state index in [2.05, 4.69) is 15.0 Å². The first-order valence-corrected chi connectivity index (χ1v) is 8.36. The average molecular weight is 427 g/mol. The molecule has 0 radical (unpaired) electrons. The van der Waals surface area contributed by atoms with Gasteiger partial charge in [-0.2, -0.15) is 4.73 Å². The standard InChI is InChI=1S/C18H15ClN4O4.K.H/c1-9(24)27-23-8-11(13-6-10-12(19)4-5-20-17(10)21-13)16-14(23)7-15(25-2)18(22-16)26-3;;/h4-8H,1-3H3,(H,20,21);;. The van der Waals surface area contributed by atoms with Gasteiger partial charge in [-0.05, 0) is 12.1 Å². The SMILES string of the molecule is COc1cc2c(nc1OC)c(-c1cc3c(Cl)ccnc3[nH]1)cn2OC(C)=O.[KH]. The molecule has 0 bridgehead atoms. The van der Waals surface area contributed by atoms with E-state index < -0.39 is 5.97 Å². The number of carbonyl (C=O) groups is 1. The van der Waals surface area contributed by atoms with Crippen molar-refractivity contribution in [2.24, 2.45) is 0 Å². The predicted octanol–water partition coefficient (Wildman–Crippen LogP) is 2.58. The van der Waals surface area contributed by atoms with Crippen molar-refractivity contribution in [3.8, 4) is 22.9 Å². The Labute approximate surface area is 207 Å². The number of nitrogens with zero attached hydrogens (tertiary/aromatic N) is 3. The fourth-order valence-corrected chi connectivity index (χ4v) is 3.13. The number of ether oxygens (including phenoxy) is 2. The second kappa shape index (κ2) is 8.40. The first-order valence-electron chi connectivity index (χ1n) is 7.98. The molecule has 0 aliphatic heterocycles. The molecule has 4 aromatic rings. The molecular formula is C18H16ClKN4O4. The molecule has 10 heteroatoms. The van der Waals surface area contributed by atoms with Crippen LogP contribution in [0, 0.1) is 0 Å². The summed E-state index contributed by atoms with van der Waals surface area (Å²) in [6.45, 7) is 1.33. The van der Waals surface area contributed by atoms with Crippen LogP contribution in [0.5, 0.6) is 11.6 Å². The number of H-pyrrole nitrogens is 1. The molecule has 0 saturated heterocycles. The Balaban J connectivity index is 0.00000225. The van der Waals surface area contributed by atoms with E-state index in [0.29, 0.717) is 38.9 Å². The van der Waals surface area contributed by atoms with Crippen LogP contribution in [0.4, 0.5) is 0 Å². The molecule has 0 aromatic carbocycles. The van der Waals surface area contributed by atoms with Crippen LogP contribution in [0.15, 0.2) is 30.6 Å². The van der Waals surface area contributed by atoms with Crippen LogP contribution in [0.25, 0.3) is 33.3 Å². The van der Waals surface area contributed by atoms with E-state index in [1.165, 1.54) is 25.9 Å². The van der Waals surface area contributed by atoms with Crippen molar-refractivity contribution in [1.82, 2.24) is 19.7 Å². The van der Waals surface area contributed by atoms with Gasteiger partial charge in [0.1, 0.15) is 16.7 Å². The van der Waals surface area contributed by atoms with Crippen LogP contribution in [-0.2, 0) is 4.79 Å². The molecule has 0 aliphatic carbocycles. The van der Waals surface area contributed by atoms with Crippen molar-refractivity contribution in [3.05, 3.63) is 35.6 Å². The molecule has 4 aromatic heterocycles. The molecule has 0 fully saturated rings. The number of carbonyl (C=O) groups excluding carboxylic acids is 1. The number of pyridine rings is 2. The van der Waals surface area contributed by atoms with E-state index in [0.717, 1.165) is 11.1 Å². The molecular weight excluding hydrogens is 411 g/mol. The second-order valence-corrected chi connectivity index (χ2v) is 6.16. The van der Waals surface area contributed by atoms with Gasteiger partial charge < -0.3 is 19.3 Å². The number of nitrogens with one attached hydrogen (secondary N) is 1. The Morgan fingerprint density at radius 2 is 2.04 bits per heavy atom. The molecule has 8 nitrogen and oxygen atoms in total. The minimum absolute atomic E-state index is 0. The zero-order valence-electron chi connectivity index (χ0n) is 14.7. The van der Waals surface area contributed by atoms with Gasteiger partial charge in [0.15, 0.2) is 5.75 Å². The van der Waals surface area contributed by atoms with E-state index in [-0.39, 0.29) is 51.4 Å². The summed E-state index contributed by atoms with van der Waals surface area (Å²) < 4.78 is 12.0. The summed E-state index contributed by atoms with van der Waals surface area (Å²) in [4.78, 5) is 28.8. The zero-order valence-corrected chi connectivity index (χ0v) is 15.5. The van der Waals surface area contributed by atoms with Crippen LogP contribution >= 0.6 is 11.6 Å². The Bertz CT molecular complexity index is 1190. The summed E-state index contributed by atoms with van der Waals surface area (Å²) in [5, 5.41) is 1.36. The summed E-state index contributed by atoms with van der Waals surface area (Å²) >= 11 is 6.25. The molecule has 140 valence electrons. The Kier molecular flexibility index (Phi) is 6.33. The van der Waals surface area contributed by atoms with Crippen molar-refractivity contribution >= 4 is 91.0 Å². The molecule has 1 N–H and O–H groups in total. The van der Waals surface area contributed by atoms with Crippen LogP contribution < -0.4 is 14.3 Å². The minimum atomic E-state index is -0.463. The summed E-state index contributed by atoms with van der Waals surface area (Å²) in [6.07, 6.45) is 3.29. The number of halogens is 1. The number of hydrogen-bond acceptors (Lipinski definition) is 6.